The summed E-state index contributed by atoms with van der Waals surface area (Å²) in [5.74, 6) is 0.0992. The van der Waals surface area contributed by atoms with Crippen molar-refractivity contribution in [1.29, 1.82) is 0 Å². The topological polar surface area (TPSA) is 75.5 Å². The molecule has 0 radical (unpaired) electrons. The highest BCUT2D eigenvalue weighted by atomic mass is 16.5. The zero-order valence-corrected chi connectivity index (χ0v) is 12.1. The van der Waals surface area contributed by atoms with Crippen LogP contribution in [0.3, 0.4) is 0 Å². The number of hydrogen-bond donors (Lipinski definition) is 1. The number of carbonyl (C=O) groups is 1. The molecule has 1 N–H and O–H groups in total. The molecule has 6 heteroatoms. The van der Waals surface area contributed by atoms with E-state index in [1.807, 2.05) is 35.2 Å². The lowest BCUT2D eigenvalue weighted by atomic mass is 10.1. The summed E-state index contributed by atoms with van der Waals surface area (Å²) in [6.45, 7) is 2.44. The van der Waals surface area contributed by atoms with Gasteiger partial charge in [-0.3, -0.25) is 0 Å². The number of benzene rings is 1. The number of aromatic carboxylic acids is 1. The summed E-state index contributed by atoms with van der Waals surface area (Å²) in [4.78, 5) is 22.0. The number of ether oxygens (including phenoxy) is 1. The van der Waals surface area contributed by atoms with E-state index < -0.39 is 5.97 Å². The van der Waals surface area contributed by atoms with Crippen molar-refractivity contribution in [1.82, 2.24) is 9.97 Å². The van der Waals surface area contributed by atoms with Gasteiger partial charge in [-0.25, -0.2) is 14.8 Å². The maximum atomic E-state index is 11.4. The second-order valence-electron chi connectivity index (χ2n) is 5.09. The minimum absolute atomic E-state index is 0.138. The van der Waals surface area contributed by atoms with Gasteiger partial charge >= 0.3 is 5.97 Å². The van der Waals surface area contributed by atoms with Crippen molar-refractivity contribution < 1.29 is 14.6 Å². The molecule has 1 aliphatic rings. The number of anilines is 1. The van der Waals surface area contributed by atoms with Gasteiger partial charge in [-0.1, -0.05) is 30.3 Å². The van der Waals surface area contributed by atoms with E-state index in [0.717, 1.165) is 5.56 Å². The highest BCUT2D eigenvalue weighted by molar-refractivity contribution is 5.93. The van der Waals surface area contributed by atoms with Crippen molar-refractivity contribution in [3.63, 3.8) is 0 Å². The van der Waals surface area contributed by atoms with Crippen molar-refractivity contribution in [3.05, 3.63) is 53.5 Å². The van der Waals surface area contributed by atoms with Crippen LogP contribution in [0.25, 0.3) is 0 Å². The Morgan fingerprint density at radius 2 is 1.95 bits per heavy atom. The quantitative estimate of drug-likeness (QED) is 0.924. The fourth-order valence-corrected chi connectivity index (χ4v) is 2.44. The first-order chi connectivity index (χ1) is 10.7. The molecule has 0 aliphatic carbocycles. The molecule has 1 aromatic carbocycles. The molecule has 0 saturated carbocycles. The maximum absolute atomic E-state index is 11.4. The van der Waals surface area contributed by atoms with E-state index >= 15 is 0 Å². The Hall–Kier alpha value is -2.47. The first kappa shape index (κ1) is 14.5. The average Bonchev–Trinajstić information content (AvgIpc) is 2.56. The third-order valence-corrected chi connectivity index (χ3v) is 3.56. The molecule has 1 saturated heterocycles. The first-order valence-electron chi connectivity index (χ1n) is 7.20. The highest BCUT2D eigenvalue weighted by Gasteiger charge is 2.21. The molecular formula is C16H17N3O3. The Balaban J connectivity index is 1.91. The summed E-state index contributed by atoms with van der Waals surface area (Å²) in [6.07, 6.45) is 1.98. The molecule has 1 fully saturated rings. The first-order valence-corrected chi connectivity index (χ1v) is 7.20. The van der Waals surface area contributed by atoms with E-state index in [0.29, 0.717) is 44.4 Å². The molecule has 1 aliphatic heterocycles. The fourth-order valence-electron chi connectivity index (χ4n) is 2.44. The van der Waals surface area contributed by atoms with Gasteiger partial charge in [0.2, 0.25) is 0 Å². The summed E-state index contributed by atoms with van der Waals surface area (Å²) >= 11 is 0. The molecule has 114 valence electrons. The Labute approximate surface area is 128 Å². The molecule has 6 nitrogen and oxygen atoms in total. The van der Waals surface area contributed by atoms with Crippen LogP contribution in [0.15, 0.2) is 36.5 Å². The number of nitrogens with zero attached hydrogens (tertiary/aromatic N) is 3. The Morgan fingerprint density at radius 3 is 2.64 bits per heavy atom. The smallest absolute Gasteiger partial charge is 0.341 e. The molecule has 3 rings (SSSR count). The number of carboxylic acid groups (broad SMARTS) is 1. The zero-order chi connectivity index (χ0) is 15.4. The van der Waals surface area contributed by atoms with E-state index in [-0.39, 0.29) is 5.56 Å². The van der Waals surface area contributed by atoms with E-state index in [1.54, 1.807) is 0 Å². The number of morpholine rings is 1. The summed E-state index contributed by atoms with van der Waals surface area (Å²) < 4.78 is 5.31. The van der Waals surface area contributed by atoms with Crippen molar-refractivity contribution in [2.75, 3.05) is 31.2 Å². The molecule has 0 bridgehead atoms. The third kappa shape index (κ3) is 3.23. The van der Waals surface area contributed by atoms with Crippen molar-refractivity contribution in [3.8, 4) is 0 Å². The largest absolute Gasteiger partial charge is 0.477 e. The third-order valence-electron chi connectivity index (χ3n) is 3.56. The van der Waals surface area contributed by atoms with Crippen LogP contribution in [0, 0.1) is 0 Å². The lowest BCUT2D eigenvalue weighted by Gasteiger charge is -2.28. The zero-order valence-electron chi connectivity index (χ0n) is 12.1. The van der Waals surface area contributed by atoms with Gasteiger partial charge in [0.15, 0.2) is 0 Å². The second kappa shape index (κ2) is 6.53. The van der Waals surface area contributed by atoms with Crippen LogP contribution in [0.4, 0.5) is 5.82 Å². The van der Waals surface area contributed by atoms with Gasteiger partial charge in [-0.05, 0) is 5.56 Å². The van der Waals surface area contributed by atoms with Crippen LogP contribution in [0.2, 0.25) is 0 Å². The van der Waals surface area contributed by atoms with E-state index in [4.69, 9.17) is 4.74 Å². The Bertz CT molecular complexity index is 655. The van der Waals surface area contributed by atoms with E-state index in [1.165, 1.54) is 6.20 Å². The van der Waals surface area contributed by atoms with Crippen LogP contribution in [0.1, 0.15) is 21.7 Å². The predicted molar refractivity (Wildman–Crippen MR) is 81.3 cm³/mol. The molecule has 22 heavy (non-hydrogen) atoms. The Kier molecular flexibility index (Phi) is 4.29. The lowest BCUT2D eigenvalue weighted by Crippen LogP contribution is -2.38. The molecule has 0 spiro atoms. The minimum atomic E-state index is -1.01. The van der Waals surface area contributed by atoms with Gasteiger partial charge in [0, 0.05) is 25.7 Å². The van der Waals surface area contributed by atoms with Crippen LogP contribution in [0.5, 0.6) is 0 Å². The minimum Gasteiger partial charge on any atom is -0.477 e. The normalized spacial score (nSPS) is 14.8. The van der Waals surface area contributed by atoms with E-state index in [9.17, 15) is 9.90 Å². The molecule has 2 heterocycles. The average molecular weight is 299 g/mol. The van der Waals surface area contributed by atoms with Gasteiger partial charge < -0.3 is 14.7 Å². The summed E-state index contributed by atoms with van der Waals surface area (Å²) in [5.41, 5.74) is 1.23. The summed E-state index contributed by atoms with van der Waals surface area (Å²) in [5, 5.41) is 9.34. The number of rotatable bonds is 4. The van der Waals surface area contributed by atoms with Crippen molar-refractivity contribution >= 4 is 11.8 Å². The maximum Gasteiger partial charge on any atom is 0.341 e. The molecule has 2 aromatic rings. The van der Waals surface area contributed by atoms with Crippen LogP contribution >= 0.6 is 0 Å². The monoisotopic (exact) mass is 299 g/mol. The fraction of sp³-hybridized carbons (Fsp3) is 0.312. The lowest BCUT2D eigenvalue weighted by molar-refractivity contribution is 0.0695. The highest BCUT2D eigenvalue weighted by Crippen LogP contribution is 2.19. The van der Waals surface area contributed by atoms with Crippen LogP contribution in [-0.2, 0) is 11.2 Å². The van der Waals surface area contributed by atoms with Gasteiger partial charge in [0.25, 0.3) is 0 Å². The molecular weight excluding hydrogens is 282 g/mol. The molecule has 1 aromatic heterocycles. The summed E-state index contributed by atoms with van der Waals surface area (Å²) in [7, 11) is 0. The van der Waals surface area contributed by atoms with Crippen LogP contribution in [-0.4, -0.2) is 47.3 Å². The van der Waals surface area contributed by atoms with Crippen molar-refractivity contribution in [2.45, 2.75) is 6.42 Å². The SMILES string of the molecule is O=C(O)c1cnc(Cc2ccccc2)nc1N1CCOCC1. The van der Waals surface area contributed by atoms with Gasteiger partial charge in [0.1, 0.15) is 17.2 Å². The molecule has 0 unspecified atom stereocenters. The number of aromatic nitrogens is 2. The van der Waals surface area contributed by atoms with Gasteiger partial charge in [-0.2, -0.15) is 0 Å². The van der Waals surface area contributed by atoms with Gasteiger partial charge in [-0.15, -0.1) is 0 Å². The molecule has 0 amide bonds. The summed E-state index contributed by atoms with van der Waals surface area (Å²) in [6, 6.07) is 9.89. The second-order valence-corrected chi connectivity index (χ2v) is 5.09. The van der Waals surface area contributed by atoms with E-state index in [2.05, 4.69) is 9.97 Å². The van der Waals surface area contributed by atoms with Crippen LogP contribution < -0.4 is 4.90 Å². The van der Waals surface area contributed by atoms with Crippen molar-refractivity contribution in [2.24, 2.45) is 0 Å². The standard InChI is InChI=1S/C16H17N3O3/c20-16(21)13-11-17-14(10-12-4-2-1-3-5-12)18-15(13)19-6-8-22-9-7-19/h1-5,11H,6-10H2,(H,20,21). The number of hydrogen-bond acceptors (Lipinski definition) is 5. The van der Waals surface area contributed by atoms with Gasteiger partial charge in [0.05, 0.1) is 13.2 Å². The molecule has 0 atom stereocenters. The Morgan fingerprint density at radius 1 is 1.23 bits per heavy atom. The predicted octanol–water partition coefficient (Wildman–Crippen LogP) is 1.60. The number of carboxylic acids is 1.